The normalized spacial score (nSPS) is 16.2. The summed E-state index contributed by atoms with van der Waals surface area (Å²) in [5, 5.41) is 9.43. The number of halogens is 5. The van der Waals surface area contributed by atoms with E-state index in [0.29, 0.717) is 30.0 Å². The molecule has 1 atom stereocenters. The lowest BCUT2D eigenvalue weighted by Crippen LogP contribution is -2.43. The summed E-state index contributed by atoms with van der Waals surface area (Å²) in [6.45, 7) is 1.36. The van der Waals surface area contributed by atoms with Gasteiger partial charge in [0.1, 0.15) is 17.7 Å². The van der Waals surface area contributed by atoms with Crippen molar-refractivity contribution in [2.45, 2.75) is 36.9 Å². The molecule has 1 heterocycles. The second-order valence-corrected chi connectivity index (χ2v) is 11.1. The average Bonchev–Trinajstić information content (AvgIpc) is 2.86. The molecule has 0 saturated carbocycles. The van der Waals surface area contributed by atoms with Crippen LogP contribution in [0.5, 0.6) is 5.75 Å². The molecule has 1 aliphatic rings. The molecule has 202 valence electrons. The number of aliphatic hydroxyl groups excluding tert-OH is 1. The molecule has 0 saturated heterocycles. The summed E-state index contributed by atoms with van der Waals surface area (Å²) in [6, 6.07) is 12.6. The number of fused-ring (bicyclic) bond motifs is 1. The van der Waals surface area contributed by atoms with Crippen LogP contribution in [-0.2, 0) is 16.2 Å². The van der Waals surface area contributed by atoms with Crippen molar-refractivity contribution in [3.05, 3.63) is 88.2 Å². The third kappa shape index (κ3) is 5.82. The van der Waals surface area contributed by atoms with Crippen molar-refractivity contribution in [3.63, 3.8) is 0 Å². The molecule has 0 aliphatic carbocycles. The van der Waals surface area contributed by atoms with Crippen molar-refractivity contribution >= 4 is 39.0 Å². The summed E-state index contributed by atoms with van der Waals surface area (Å²) in [6.07, 6.45) is -3.05. The molecule has 0 bridgehead atoms. The third-order valence-corrected chi connectivity index (χ3v) is 8.18. The highest BCUT2D eigenvalue weighted by atomic mass is 35.5. The highest BCUT2D eigenvalue weighted by Crippen LogP contribution is 2.40. The van der Waals surface area contributed by atoms with Gasteiger partial charge in [0.25, 0.3) is 10.0 Å². The summed E-state index contributed by atoms with van der Waals surface area (Å²) >= 11 is 6.17. The largest absolute Gasteiger partial charge is 0.486 e. The Kier molecular flexibility index (Phi) is 8.06. The maximum atomic E-state index is 14.4. The first-order valence-electron chi connectivity index (χ1n) is 11.7. The number of sulfonamides is 1. The number of hydrogen-bond acceptors (Lipinski definition) is 4. The van der Waals surface area contributed by atoms with E-state index in [9.17, 15) is 31.1 Å². The van der Waals surface area contributed by atoms with Gasteiger partial charge in [-0.15, -0.1) is 0 Å². The Bertz CT molecular complexity index is 1450. The number of rotatable bonds is 7. The van der Waals surface area contributed by atoms with E-state index in [1.807, 2.05) is 0 Å². The first-order chi connectivity index (χ1) is 17.9. The Balaban J connectivity index is 1.80. The van der Waals surface area contributed by atoms with Gasteiger partial charge in [-0.3, -0.25) is 4.31 Å². The smallest absolute Gasteiger partial charge is 0.416 e. The van der Waals surface area contributed by atoms with Crippen molar-refractivity contribution in [1.29, 1.82) is 0 Å². The quantitative estimate of drug-likeness (QED) is 0.251. The highest BCUT2D eigenvalue weighted by molar-refractivity contribution is 7.92. The van der Waals surface area contributed by atoms with E-state index in [4.69, 9.17) is 16.3 Å². The fourth-order valence-electron chi connectivity index (χ4n) is 4.27. The summed E-state index contributed by atoms with van der Waals surface area (Å²) in [7, 11) is -4.44. The maximum Gasteiger partial charge on any atom is 0.416 e. The van der Waals surface area contributed by atoms with Crippen LogP contribution >= 0.6 is 11.6 Å². The number of aliphatic hydroxyl groups is 1. The number of anilines is 1. The number of allylic oxidation sites excluding steroid dienone is 1. The number of hydrogen-bond donors (Lipinski definition) is 1. The fourth-order valence-corrected chi connectivity index (χ4v) is 6.13. The summed E-state index contributed by atoms with van der Waals surface area (Å²) in [5.41, 5.74) is 0.225. The Morgan fingerprint density at radius 2 is 1.89 bits per heavy atom. The number of ether oxygens (including phenoxy) is 1. The van der Waals surface area contributed by atoms with Gasteiger partial charge >= 0.3 is 6.18 Å². The molecule has 0 aromatic heterocycles. The third-order valence-electron chi connectivity index (χ3n) is 6.09. The van der Waals surface area contributed by atoms with E-state index in [-0.39, 0.29) is 35.2 Å². The zero-order valence-corrected chi connectivity index (χ0v) is 21.7. The Morgan fingerprint density at radius 1 is 1.16 bits per heavy atom. The van der Waals surface area contributed by atoms with Gasteiger partial charge < -0.3 is 9.84 Å². The zero-order chi connectivity index (χ0) is 27.7. The van der Waals surface area contributed by atoms with Gasteiger partial charge in [0.15, 0.2) is 0 Å². The average molecular weight is 570 g/mol. The molecular formula is C27H24ClF4NO4S. The van der Waals surface area contributed by atoms with Crippen LogP contribution in [0.15, 0.2) is 65.6 Å². The van der Waals surface area contributed by atoms with Crippen molar-refractivity contribution in [2.24, 2.45) is 0 Å². The molecule has 0 unspecified atom stereocenters. The molecule has 5 nitrogen and oxygen atoms in total. The van der Waals surface area contributed by atoms with Crippen molar-refractivity contribution in [2.75, 3.05) is 17.5 Å². The lowest BCUT2D eigenvalue weighted by molar-refractivity contribution is -0.137. The fraction of sp³-hybridized carbons (Fsp3) is 0.259. The van der Waals surface area contributed by atoms with Gasteiger partial charge in [-0.05, 0) is 73.4 Å². The Labute approximate surface area is 223 Å². The second kappa shape index (κ2) is 11.0. The Morgan fingerprint density at radius 3 is 2.58 bits per heavy atom. The van der Waals surface area contributed by atoms with E-state index in [1.54, 1.807) is 31.2 Å². The van der Waals surface area contributed by atoms with E-state index >= 15 is 0 Å². The molecule has 38 heavy (non-hydrogen) atoms. The minimum atomic E-state index is -4.72. The molecular weight excluding hydrogens is 546 g/mol. The lowest BCUT2D eigenvalue weighted by Gasteiger charge is -2.36. The van der Waals surface area contributed by atoms with Crippen LogP contribution in [0.1, 0.15) is 36.5 Å². The van der Waals surface area contributed by atoms with E-state index < -0.39 is 38.6 Å². The molecule has 1 N–H and O–H groups in total. The summed E-state index contributed by atoms with van der Waals surface area (Å²) < 4.78 is 88.7. The SMILES string of the molecule is C/C(=C\c1ccc2c(c1)N(S(=O)(=O)c1cccc(C(F)(F)F)c1)C[C@H](CCCO)O2)c1c(F)cccc1Cl. The standard InChI is InChI=1S/C27H24ClF4NO4S/c1-17(26-22(28)8-3-9-23(26)29)13-18-10-11-25-24(14-18)33(16-20(37-25)6-4-12-34)38(35,36)21-7-2-5-19(15-21)27(30,31)32/h2-3,5,7-11,13-15,20,34H,4,6,12,16H2,1H3/b17-13+/t20-/m0/s1. The predicted octanol–water partition coefficient (Wildman–Crippen LogP) is 6.79. The lowest BCUT2D eigenvalue weighted by atomic mass is 10.0. The van der Waals surface area contributed by atoms with Gasteiger partial charge in [-0.2, -0.15) is 13.2 Å². The molecule has 0 radical (unpaired) electrons. The zero-order valence-electron chi connectivity index (χ0n) is 20.2. The summed E-state index contributed by atoms with van der Waals surface area (Å²) in [4.78, 5) is -0.517. The topological polar surface area (TPSA) is 66.8 Å². The molecule has 4 rings (SSSR count). The van der Waals surface area contributed by atoms with Crippen LogP contribution < -0.4 is 9.04 Å². The second-order valence-electron chi connectivity index (χ2n) is 8.82. The Hall–Kier alpha value is -3.08. The minimum Gasteiger partial charge on any atom is -0.486 e. The van der Waals surface area contributed by atoms with E-state index in [1.165, 1.54) is 18.2 Å². The van der Waals surface area contributed by atoms with Gasteiger partial charge in [-0.25, -0.2) is 12.8 Å². The molecule has 1 aliphatic heterocycles. The molecule has 0 fully saturated rings. The first-order valence-corrected chi connectivity index (χ1v) is 13.5. The maximum absolute atomic E-state index is 14.4. The number of nitrogens with zero attached hydrogens (tertiary/aromatic N) is 1. The summed E-state index contributed by atoms with van der Waals surface area (Å²) in [5.74, 6) is -0.304. The van der Waals surface area contributed by atoms with Gasteiger partial charge in [0.05, 0.1) is 27.7 Å². The molecule has 3 aromatic rings. The van der Waals surface area contributed by atoms with Crippen molar-refractivity contribution < 1.29 is 35.8 Å². The van der Waals surface area contributed by atoms with Crippen molar-refractivity contribution in [3.8, 4) is 5.75 Å². The van der Waals surface area contributed by atoms with Crippen LogP contribution in [0.3, 0.4) is 0 Å². The monoisotopic (exact) mass is 569 g/mol. The van der Waals surface area contributed by atoms with Crippen molar-refractivity contribution in [1.82, 2.24) is 0 Å². The molecule has 0 spiro atoms. The van der Waals surface area contributed by atoms with E-state index in [0.717, 1.165) is 22.5 Å². The van der Waals surface area contributed by atoms with E-state index in [2.05, 4.69) is 0 Å². The number of alkyl halides is 3. The van der Waals surface area contributed by atoms with Crippen LogP contribution in [0, 0.1) is 5.82 Å². The van der Waals surface area contributed by atoms with Crippen LogP contribution in [0.4, 0.5) is 23.2 Å². The van der Waals surface area contributed by atoms with Gasteiger partial charge in [0.2, 0.25) is 0 Å². The molecule has 0 amide bonds. The minimum absolute atomic E-state index is 0.129. The molecule has 11 heteroatoms. The molecule has 3 aromatic carbocycles. The number of benzene rings is 3. The van der Waals surface area contributed by atoms with Crippen LogP contribution in [-0.4, -0.2) is 32.8 Å². The van der Waals surface area contributed by atoms with Gasteiger partial charge in [0, 0.05) is 12.2 Å². The highest BCUT2D eigenvalue weighted by Gasteiger charge is 2.37. The first kappa shape index (κ1) is 27.9. The van der Waals surface area contributed by atoms with Crippen LogP contribution in [0.25, 0.3) is 11.6 Å². The van der Waals surface area contributed by atoms with Gasteiger partial charge in [-0.1, -0.05) is 35.9 Å². The van der Waals surface area contributed by atoms with Crippen LogP contribution in [0.2, 0.25) is 5.02 Å². The predicted molar refractivity (Wildman–Crippen MR) is 138 cm³/mol.